The number of halogens is 3. The number of hydrogen-bond acceptors (Lipinski definition) is 1. The highest BCUT2D eigenvalue weighted by Gasteiger charge is 2.23. The Morgan fingerprint density at radius 3 is 2.53 bits per heavy atom. The second-order valence-corrected chi connectivity index (χ2v) is 5.00. The second kappa shape index (κ2) is 6.58. The van der Waals surface area contributed by atoms with E-state index in [0.717, 1.165) is 18.4 Å². The molecule has 0 bridgehead atoms. The molecular weight excluding hydrogens is 260 g/mol. The van der Waals surface area contributed by atoms with Gasteiger partial charge in [0.05, 0.1) is 0 Å². The molecule has 1 saturated carbocycles. The standard InChI is InChI=1S/C13H17ClFN.ClH/c14-12-7-6-10(15)8-11(12)13(16)9-4-2-1-3-5-9;/h6-9,13H,1-5,16H2;1H/t13-;/m1./s1. The van der Waals surface area contributed by atoms with Gasteiger partial charge in [-0.1, -0.05) is 30.9 Å². The van der Waals surface area contributed by atoms with Crippen molar-refractivity contribution < 1.29 is 4.39 Å². The fourth-order valence-electron chi connectivity index (χ4n) is 2.52. The summed E-state index contributed by atoms with van der Waals surface area (Å²) in [5, 5.41) is 0.583. The van der Waals surface area contributed by atoms with Crippen LogP contribution >= 0.6 is 24.0 Å². The van der Waals surface area contributed by atoms with Crippen molar-refractivity contribution in [2.24, 2.45) is 11.7 Å². The van der Waals surface area contributed by atoms with Gasteiger partial charge in [-0.25, -0.2) is 4.39 Å². The highest BCUT2D eigenvalue weighted by molar-refractivity contribution is 6.31. The molecule has 0 unspecified atom stereocenters. The number of hydrogen-bond donors (Lipinski definition) is 1. The Hall–Kier alpha value is -0.310. The van der Waals surface area contributed by atoms with Crippen LogP contribution in [0.3, 0.4) is 0 Å². The molecule has 2 N–H and O–H groups in total. The molecule has 0 heterocycles. The van der Waals surface area contributed by atoms with Crippen LogP contribution in [0.1, 0.15) is 43.7 Å². The molecule has 1 nitrogen and oxygen atoms in total. The van der Waals surface area contributed by atoms with Gasteiger partial charge in [-0.3, -0.25) is 0 Å². The maximum absolute atomic E-state index is 13.2. The first-order valence-electron chi connectivity index (χ1n) is 5.89. The Labute approximate surface area is 113 Å². The van der Waals surface area contributed by atoms with E-state index in [-0.39, 0.29) is 24.3 Å². The van der Waals surface area contributed by atoms with Crippen LogP contribution in [0, 0.1) is 11.7 Å². The molecule has 0 aromatic heterocycles. The first-order chi connectivity index (χ1) is 7.68. The van der Waals surface area contributed by atoms with E-state index in [1.807, 2.05) is 0 Å². The van der Waals surface area contributed by atoms with Gasteiger partial charge in [0.25, 0.3) is 0 Å². The zero-order valence-corrected chi connectivity index (χ0v) is 11.2. The van der Waals surface area contributed by atoms with Crippen molar-refractivity contribution in [3.63, 3.8) is 0 Å². The number of nitrogens with two attached hydrogens (primary N) is 1. The third kappa shape index (κ3) is 3.57. The lowest BCUT2D eigenvalue weighted by Gasteiger charge is -2.28. The molecule has 2 rings (SSSR count). The van der Waals surface area contributed by atoms with Crippen molar-refractivity contribution >= 4 is 24.0 Å². The SMILES string of the molecule is Cl.N[C@@H](c1cc(F)ccc1Cl)C1CCCCC1. The minimum absolute atomic E-state index is 0. The van der Waals surface area contributed by atoms with E-state index in [4.69, 9.17) is 17.3 Å². The predicted octanol–water partition coefficient (Wildman–Crippen LogP) is 4.48. The molecule has 1 fully saturated rings. The smallest absolute Gasteiger partial charge is 0.123 e. The monoisotopic (exact) mass is 277 g/mol. The Morgan fingerprint density at radius 2 is 1.88 bits per heavy atom. The maximum atomic E-state index is 13.2. The van der Waals surface area contributed by atoms with Gasteiger partial charge in [-0.15, -0.1) is 12.4 Å². The molecule has 4 heteroatoms. The molecule has 0 amide bonds. The number of rotatable bonds is 2. The number of benzene rings is 1. The summed E-state index contributed by atoms with van der Waals surface area (Å²) in [4.78, 5) is 0. The Balaban J connectivity index is 0.00000144. The van der Waals surface area contributed by atoms with Crippen molar-refractivity contribution in [2.75, 3.05) is 0 Å². The molecule has 1 aromatic carbocycles. The van der Waals surface area contributed by atoms with Gasteiger partial charge in [0, 0.05) is 11.1 Å². The van der Waals surface area contributed by atoms with Crippen molar-refractivity contribution in [1.29, 1.82) is 0 Å². The largest absolute Gasteiger partial charge is 0.324 e. The average molecular weight is 278 g/mol. The Kier molecular flexibility index (Phi) is 5.71. The summed E-state index contributed by atoms with van der Waals surface area (Å²) in [6.45, 7) is 0. The maximum Gasteiger partial charge on any atom is 0.123 e. The Bertz CT molecular complexity index is 364. The topological polar surface area (TPSA) is 26.0 Å². The molecule has 96 valence electrons. The summed E-state index contributed by atoms with van der Waals surface area (Å²) < 4.78 is 13.2. The van der Waals surface area contributed by atoms with Gasteiger partial charge >= 0.3 is 0 Å². The fourth-order valence-corrected chi connectivity index (χ4v) is 2.76. The summed E-state index contributed by atoms with van der Waals surface area (Å²) in [6, 6.07) is 4.32. The van der Waals surface area contributed by atoms with Crippen molar-refractivity contribution in [3.05, 3.63) is 34.6 Å². The van der Waals surface area contributed by atoms with Gasteiger partial charge in [0.1, 0.15) is 5.82 Å². The highest BCUT2D eigenvalue weighted by atomic mass is 35.5. The van der Waals surface area contributed by atoms with Crippen LogP contribution in [0.5, 0.6) is 0 Å². The van der Waals surface area contributed by atoms with Gasteiger partial charge in [-0.05, 0) is 42.5 Å². The average Bonchev–Trinajstić information content (AvgIpc) is 2.32. The molecule has 1 aliphatic carbocycles. The van der Waals surface area contributed by atoms with E-state index in [0.29, 0.717) is 10.9 Å². The second-order valence-electron chi connectivity index (χ2n) is 4.59. The van der Waals surface area contributed by atoms with E-state index >= 15 is 0 Å². The van der Waals surface area contributed by atoms with E-state index in [1.54, 1.807) is 6.07 Å². The molecule has 0 radical (unpaired) electrons. The van der Waals surface area contributed by atoms with Crippen molar-refractivity contribution in [3.8, 4) is 0 Å². The Morgan fingerprint density at radius 1 is 1.24 bits per heavy atom. The molecule has 0 spiro atoms. The first kappa shape index (κ1) is 14.7. The van der Waals surface area contributed by atoms with Crippen LogP contribution in [-0.2, 0) is 0 Å². The third-order valence-electron chi connectivity index (χ3n) is 3.47. The molecule has 1 aliphatic rings. The summed E-state index contributed by atoms with van der Waals surface area (Å²) in [7, 11) is 0. The molecule has 0 saturated heterocycles. The molecule has 1 aromatic rings. The minimum Gasteiger partial charge on any atom is -0.324 e. The van der Waals surface area contributed by atoms with Crippen LogP contribution in [0.4, 0.5) is 4.39 Å². The lowest BCUT2D eigenvalue weighted by atomic mass is 9.81. The normalized spacial score (nSPS) is 18.5. The van der Waals surface area contributed by atoms with Gasteiger partial charge in [0.15, 0.2) is 0 Å². The summed E-state index contributed by atoms with van der Waals surface area (Å²) >= 11 is 6.06. The molecule has 0 aliphatic heterocycles. The van der Waals surface area contributed by atoms with E-state index in [9.17, 15) is 4.39 Å². The molecule has 17 heavy (non-hydrogen) atoms. The lowest BCUT2D eigenvalue weighted by molar-refractivity contribution is 0.308. The van der Waals surface area contributed by atoms with E-state index in [1.165, 1.54) is 31.4 Å². The summed E-state index contributed by atoms with van der Waals surface area (Å²) in [6.07, 6.45) is 6.01. The zero-order chi connectivity index (χ0) is 11.5. The molecule has 1 atom stereocenters. The van der Waals surface area contributed by atoms with Crippen LogP contribution in [0.2, 0.25) is 5.02 Å². The third-order valence-corrected chi connectivity index (χ3v) is 3.82. The van der Waals surface area contributed by atoms with Gasteiger partial charge in [-0.2, -0.15) is 0 Å². The van der Waals surface area contributed by atoms with E-state index < -0.39 is 0 Å². The van der Waals surface area contributed by atoms with Gasteiger partial charge in [0.2, 0.25) is 0 Å². The van der Waals surface area contributed by atoms with Gasteiger partial charge < -0.3 is 5.73 Å². The quantitative estimate of drug-likeness (QED) is 0.848. The first-order valence-corrected chi connectivity index (χ1v) is 6.27. The minimum atomic E-state index is -0.259. The van der Waals surface area contributed by atoms with Crippen LogP contribution in [0.25, 0.3) is 0 Å². The van der Waals surface area contributed by atoms with Crippen molar-refractivity contribution in [2.45, 2.75) is 38.1 Å². The predicted molar refractivity (Wildman–Crippen MR) is 72.2 cm³/mol. The van der Waals surface area contributed by atoms with E-state index in [2.05, 4.69) is 0 Å². The van der Waals surface area contributed by atoms with Crippen LogP contribution in [-0.4, -0.2) is 0 Å². The summed E-state index contributed by atoms with van der Waals surface area (Å²) in [5.74, 6) is 0.193. The summed E-state index contributed by atoms with van der Waals surface area (Å²) in [5.41, 5.74) is 6.95. The zero-order valence-electron chi connectivity index (χ0n) is 9.66. The van der Waals surface area contributed by atoms with Crippen molar-refractivity contribution in [1.82, 2.24) is 0 Å². The van der Waals surface area contributed by atoms with Crippen LogP contribution in [0.15, 0.2) is 18.2 Å². The molecular formula is C13H18Cl2FN. The lowest BCUT2D eigenvalue weighted by Crippen LogP contribution is -2.23. The highest BCUT2D eigenvalue weighted by Crippen LogP contribution is 2.35. The van der Waals surface area contributed by atoms with Crippen LogP contribution < -0.4 is 5.73 Å². The fraction of sp³-hybridized carbons (Fsp3) is 0.538.